The summed E-state index contributed by atoms with van der Waals surface area (Å²) >= 11 is 0. The second-order valence-electron chi connectivity index (χ2n) is 8.13. The molecule has 6 nitrogen and oxygen atoms in total. The lowest BCUT2D eigenvalue weighted by Crippen LogP contribution is -2.67. The summed E-state index contributed by atoms with van der Waals surface area (Å²) in [5, 5.41) is 2.78. The summed E-state index contributed by atoms with van der Waals surface area (Å²) in [6.07, 6.45) is 3.27. The molecule has 4 N–H and O–H groups in total. The fourth-order valence-corrected chi connectivity index (χ4v) is 5.83. The number of carbonyl (C=O) groups is 1. The molecule has 1 amide bonds. The molecule has 0 spiro atoms. The van der Waals surface area contributed by atoms with Crippen LogP contribution in [0.2, 0.25) is 0 Å². The average molecular weight is 400 g/mol. The molecular formula is C21H25N3O3S. The summed E-state index contributed by atoms with van der Waals surface area (Å²) in [7, 11) is -3.56. The first-order chi connectivity index (χ1) is 13.3. The molecule has 148 valence electrons. The van der Waals surface area contributed by atoms with Crippen molar-refractivity contribution < 1.29 is 13.2 Å². The molecule has 0 heterocycles. The molecule has 0 unspecified atom stereocenters. The summed E-state index contributed by atoms with van der Waals surface area (Å²) in [4.78, 5) is 12.6. The third kappa shape index (κ3) is 3.70. The Labute approximate surface area is 165 Å². The zero-order valence-electron chi connectivity index (χ0n) is 15.8. The van der Waals surface area contributed by atoms with Crippen molar-refractivity contribution in [3.63, 3.8) is 0 Å². The Kier molecular flexibility index (Phi) is 4.77. The van der Waals surface area contributed by atoms with Gasteiger partial charge in [0.2, 0.25) is 15.9 Å². The van der Waals surface area contributed by atoms with Crippen LogP contribution >= 0.6 is 0 Å². The molecule has 1 atom stereocenters. The van der Waals surface area contributed by atoms with Crippen LogP contribution in [0.5, 0.6) is 0 Å². The monoisotopic (exact) mass is 399 g/mol. The largest absolute Gasteiger partial charge is 0.325 e. The minimum absolute atomic E-state index is 0.215. The number of sulfonamides is 1. The summed E-state index contributed by atoms with van der Waals surface area (Å²) in [5.41, 5.74) is 7.91. The van der Waals surface area contributed by atoms with E-state index in [-0.39, 0.29) is 16.3 Å². The molecule has 0 saturated heterocycles. The molecular weight excluding hydrogens is 374 g/mol. The number of nitrogens with two attached hydrogens (primary N) is 1. The smallest absolute Gasteiger partial charge is 0.241 e. The Hall–Kier alpha value is -2.22. The summed E-state index contributed by atoms with van der Waals surface area (Å²) in [6, 6.07) is 13.7. The average Bonchev–Trinajstić information content (AvgIpc) is 2.58. The maximum Gasteiger partial charge on any atom is 0.241 e. The predicted octanol–water partition coefficient (Wildman–Crippen LogP) is 2.33. The molecule has 0 aromatic heterocycles. The molecule has 3 aliphatic carbocycles. The third-order valence-electron chi connectivity index (χ3n) is 5.76. The van der Waals surface area contributed by atoms with Crippen molar-refractivity contribution in [3.05, 3.63) is 59.7 Å². The van der Waals surface area contributed by atoms with E-state index in [1.807, 2.05) is 30.3 Å². The maximum atomic E-state index is 12.7. The van der Waals surface area contributed by atoms with Crippen molar-refractivity contribution >= 4 is 21.6 Å². The number of amides is 1. The van der Waals surface area contributed by atoms with Gasteiger partial charge in [0, 0.05) is 11.2 Å². The first-order valence-electron chi connectivity index (χ1n) is 9.51. The predicted molar refractivity (Wildman–Crippen MR) is 108 cm³/mol. The SMILES string of the molecule is Cc1cc(NC(=O)[C@@H](N)Cc2ccccc2)ccc1S(=O)(=O)NC12CC(C1)C2. The number of rotatable bonds is 7. The van der Waals surface area contributed by atoms with Gasteiger partial charge in [-0.25, -0.2) is 13.1 Å². The van der Waals surface area contributed by atoms with Gasteiger partial charge >= 0.3 is 0 Å². The van der Waals surface area contributed by atoms with E-state index < -0.39 is 16.1 Å². The van der Waals surface area contributed by atoms with Gasteiger partial charge in [-0.2, -0.15) is 0 Å². The topological polar surface area (TPSA) is 101 Å². The highest BCUT2D eigenvalue weighted by Gasteiger charge is 2.58. The van der Waals surface area contributed by atoms with Crippen molar-refractivity contribution in [3.8, 4) is 0 Å². The Morgan fingerprint density at radius 2 is 1.86 bits per heavy atom. The first kappa shape index (κ1) is 19.1. The van der Waals surface area contributed by atoms with Gasteiger partial charge in [0.05, 0.1) is 10.9 Å². The van der Waals surface area contributed by atoms with Crippen LogP contribution in [0.1, 0.15) is 30.4 Å². The van der Waals surface area contributed by atoms with Crippen LogP contribution in [0.25, 0.3) is 0 Å². The highest BCUT2D eigenvalue weighted by molar-refractivity contribution is 7.89. The van der Waals surface area contributed by atoms with Crippen molar-refractivity contribution in [2.24, 2.45) is 11.7 Å². The molecule has 0 radical (unpaired) electrons. The van der Waals surface area contributed by atoms with E-state index in [1.54, 1.807) is 25.1 Å². The zero-order valence-corrected chi connectivity index (χ0v) is 16.6. The van der Waals surface area contributed by atoms with Crippen molar-refractivity contribution in [2.75, 3.05) is 5.32 Å². The second kappa shape index (κ2) is 6.99. The van der Waals surface area contributed by atoms with Gasteiger partial charge in [-0.3, -0.25) is 4.79 Å². The van der Waals surface area contributed by atoms with Crippen molar-refractivity contribution in [1.82, 2.24) is 4.72 Å². The molecule has 2 bridgehead atoms. The zero-order chi connectivity index (χ0) is 19.9. The van der Waals surface area contributed by atoms with E-state index in [0.717, 1.165) is 24.8 Å². The number of anilines is 1. The van der Waals surface area contributed by atoms with Gasteiger partial charge in [-0.15, -0.1) is 0 Å². The Morgan fingerprint density at radius 3 is 2.43 bits per heavy atom. The lowest BCUT2D eigenvalue weighted by atomic mass is 9.50. The molecule has 28 heavy (non-hydrogen) atoms. The van der Waals surface area contributed by atoms with E-state index in [2.05, 4.69) is 10.0 Å². The van der Waals surface area contributed by atoms with E-state index in [9.17, 15) is 13.2 Å². The molecule has 3 aliphatic rings. The number of aryl methyl sites for hydroxylation is 1. The van der Waals surface area contributed by atoms with Crippen LogP contribution in [-0.4, -0.2) is 25.9 Å². The molecule has 7 heteroatoms. The summed E-state index contributed by atoms with van der Waals surface area (Å²) in [5.74, 6) is 0.396. The van der Waals surface area contributed by atoms with E-state index in [1.165, 1.54) is 0 Å². The first-order valence-corrected chi connectivity index (χ1v) is 11.0. The minimum Gasteiger partial charge on any atom is -0.325 e. The highest BCUT2D eigenvalue weighted by atomic mass is 32.2. The molecule has 3 fully saturated rings. The van der Waals surface area contributed by atoms with Gasteiger partial charge < -0.3 is 11.1 Å². The molecule has 5 rings (SSSR count). The number of nitrogens with one attached hydrogen (secondary N) is 2. The van der Waals surface area contributed by atoms with E-state index >= 15 is 0 Å². The van der Waals surface area contributed by atoms with Gasteiger partial charge in [0.1, 0.15) is 0 Å². The van der Waals surface area contributed by atoms with Crippen LogP contribution in [0.3, 0.4) is 0 Å². The van der Waals surface area contributed by atoms with E-state index in [4.69, 9.17) is 5.73 Å². The number of hydrogen-bond acceptors (Lipinski definition) is 4. The molecule has 3 saturated carbocycles. The van der Waals surface area contributed by atoms with Gasteiger partial charge in [0.25, 0.3) is 0 Å². The molecule has 2 aromatic rings. The number of hydrogen-bond donors (Lipinski definition) is 3. The van der Waals surface area contributed by atoms with Crippen LogP contribution in [0.15, 0.2) is 53.4 Å². The lowest BCUT2D eigenvalue weighted by molar-refractivity contribution is -0.117. The lowest BCUT2D eigenvalue weighted by Gasteiger charge is -2.61. The third-order valence-corrected chi connectivity index (χ3v) is 7.50. The number of benzene rings is 2. The van der Waals surface area contributed by atoms with Crippen LogP contribution < -0.4 is 15.8 Å². The van der Waals surface area contributed by atoms with Gasteiger partial charge in [-0.1, -0.05) is 30.3 Å². The summed E-state index contributed by atoms with van der Waals surface area (Å²) in [6.45, 7) is 1.73. The van der Waals surface area contributed by atoms with Crippen LogP contribution in [0.4, 0.5) is 5.69 Å². The second-order valence-corrected chi connectivity index (χ2v) is 9.78. The number of carbonyl (C=O) groups excluding carboxylic acids is 1. The Morgan fingerprint density at radius 1 is 1.18 bits per heavy atom. The maximum absolute atomic E-state index is 12.7. The minimum atomic E-state index is -3.56. The fraction of sp³-hybridized carbons (Fsp3) is 0.381. The molecule has 2 aromatic carbocycles. The van der Waals surface area contributed by atoms with Crippen LogP contribution in [-0.2, 0) is 21.2 Å². The van der Waals surface area contributed by atoms with Gasteiger partial charge in [0.15, 0.2) is 0 Å². The van der Waals surface area contributed by atoms with Crippen molar-refractivity contribution in [1.29, 1.82) is 0 Å². The van der Waals surface area contributed by atoms with Crippen molar-refractivity contribution in [2.45, 2.75) is 49.1 Å². The standard InChI is InChI=1S/C21H25N3O3S/c1-14-9-17(23-20(25)18(22)10-15-5-3-2-4-6-15)7-8-19(14)28(26,27)24-21-11-16(12-21)13-21/h2-9,16,18,24H,10-13,22H2,1H3,(H,23,25)/t16?,18-,21?/m0/s1. The highest BCUT2D eigenvalue weighted by Crippen LogP contribution is 2.57. The normalized spacial score (nSPS) is 24.0. The van der Waals surface area contributed by atoms with Crippen LogP contribution in [0, 0.1) is 12.8 Å². The quantitative estimate of drug-likeness (QED) is 0.665. The fourth-order valence-electron chi connectivity index (χ4n) is 4.17. The van der Waals surface area contributed by atoms with E-state index in [0.29, 0.717) is 23.6 Å². The Balaban J connectivity index is 1.41. The Bertz CT molecular complexity index is 988. The van der Waals surface area contributed by atoms with Gasteiger partial charge in [-0.05, 0) is 67.9 Å². The summed E-state index contributed by atoms with van der Waals surface area (Å²) < 4.78 is 28.3. The molecule has 0 aliphatic heterocycles.